The number of aryl methyl sites for hydroxylation is 1. The number of sulfonamides is 1. The van der Waals surface area contributed by atoms with Crippen LogP contribution in [0.15, 0.2) is 82.2 Å². The quantitative estimate of drug-likeness (QED) is 0.381. The summed E-state index contributed by atoms with van der Waals surface area (Å²) in [6.45, 7) is 1.77. The van der Waals surface area contributed by atoms with Crippen LogP contribution in [-0.2, 0) is 21.4 Å². The molecule has 0 aliphatic rings. The molecule has 3 aromatic rings. The minimum absolute atomic E-state index is 0.0960. The summed E-state index contributed by atoms with van der Waals surface area (Å²) in [6.07, 6.45) is 0. The van der Waals surface area contributed by atoms with Crippen molar-refractivity contribution in [2.24, 2.45) is 0 Å². The van der Waals surface area contributed by atoms with Gasteiger partial charge in [0.1, 0.15) is 0 Å². The maximum absolute atomic E-state index is 13.3. The molecule has 0 radical (unpaired) electrons. The van der Waals surface area contributed by atoms with Crippen LogP contribution in [0.5, 0.6) is 0 Å². The molecule has 0 atom stereocenters. The first-order valence-corrected chi connectivity index (χ1v) is 12.4. The molecule has 0 aliphatic heterocycles. The van der Waals surface area contributed by atoms with E-state index in [1.54, 1.807) is 24.3 Å². The summed E-state index contributed by atoms with van der Waals surface area (Å²) in [6, 6.07) is 21.3. The Kier molecular flexibility index (Phi) is 7.67. The molecule has 0 unspecified atom stereocenters. The van der Waals surface area contributed by atoms with Gasteiger partial charge in [-0.25, -0.2) is 8.42 Å². The molecule has 0 spiro atoms. The van der Waals surface area contributed by atoms with Crippen LogP contribution >= 0.6 is 38.5 Å². The second kappa shape index (κ2) is 10.0. The monoisotopic (exact) mass is 598 g/mol. The lowest BCUT2D eigenvalue weighted by molar-refractivity contribution is -0.116. The van der Waals surface area contributed by atoms with Gasteiger partial charge in [-0.05, 0) is 83.6 Å². The Morgan fingerprint density at radius 2 is 1.57 bits per heavy atom. The van der Waals surface area contributed by atoms with Gasteiger partial charge in [0.2, 0.25) is 15.9 Å². The van der Waals surface area contributed by atoms with E-state index in [0.29, 0.717) is 5.69 Å². The maximum Gasteiger partial charge on any atom is 0.243 e. The van der Waals surface area contributed by atoms with E-state index in [9.17, 15) is 13.2 Å². The first-order valence-electron chi connectivity index (χ1n) is 9.11. The van der Waals surface area contributed by atoms with Gasteiger partial charge in [0.05, 0.1) is 11.4 Å². The zero-order valence-electron chi connectivity index (χ0n) is 16.2. The van der Waals surface area contributed by atoms with Crippen molar-refractivity contribution in [1.82, 2.24) is 4.31 Å². The number of halogens is 2. The summed E-state index contributed by atoms with van der Waals surface area (Å²) >= 11 is 5.50. The number of nitrogens with one attached hydrogen (secondary N) is 1. The third-order valence-corrected chi connectivity index (χ3v) is 7.43. The van der Waals surface area contributed by atoms with Crippen molar-refractivity contribution in [3.8, 4) is 0 Å². The summed E-state index contributed by atoms with van der Waals surface area (Å²) in [5.74, 6) is -0.399. The molecule has 1 N–H and O–H groups in total. The standard InChI is InChI=1S/C22H20BrIN2O3S/c1-16-2-4-17(5-3-16)14-26(30(28,29)21-12-6-18(23)7-13-21)15-22(27)25-20-10-8-19(24)9-11-20/h2-13H,14-15H2,1H3,(H,25,27). The fourth-order valence-corrected chi connectivity index (χ4v) is 4.78. The van der Waals surface area contributed by atoms with Crippen molar-refractivity contribution in [3.63, 3.8) is 0 Å². The van der Waals surface area contributed by atoms with Crippen LogP contribution in [0.3, 0.4) is 0 Å². The van der Waals surface area contributed by atoms with E-state index in [1.807, 2.05) is 43.3 Å². The third-order valence-electron chi connectivity index (χ3n) is 4.38. The number of hydrogen-bond acceptors (Lipinski definition) is 3. The predicted molar refractivity (Wildman–Crippen MR) is 131 cm³/mol. The highest BCUT2D eigenvalue weighted by molar-refractivity contribution is 14.1. The largest absolute Gasteiger partial charge is 0.325 e. The first-order chi connectivity index (χ1) is 14.2. The molecule has 0 bridgehead atoms. The number of benzene rings is 3. The molecule has 156 valence electrons. The molecule has 0 fully saturated rings. The molecule has 0 saturated carbocycles. The summed E-state index contributed by atoms with van der Waals surface area (Å²) in [4.78, 5) is 12.8. The van der Waals surface area contributed by atoms with Gasteiger partial charge in [0, 0.05) is 20.3 Å². The molecule has 0 saturated heterocycles. The fourth-order valence-electron chi connectivity index (χ4n) is 2.77. The normalized spacial score (nSPS) is 11.5. The van der Waals surface area contributed by atoms with Crippen molar-refractivity contribution in [2.75, 3.05) is 11.9 Å². The van der Waals surface area contributed by atoms with Crippen molar-refractivity contribution in [2.45, 2.75) is 18.4 Å². The number of rotatable bonds is 7. The lowest BCUT2D eigenvalue weighted by Gasteiger charge is -2.22. The van der Waals surface area contributed by atoms with Crippen LogP contribution in [0.4, 0.5) is 5.69 Å². The predicted octanol–water partition coefficient (Wildman–Crippen LogP) is 5.19. The Balaban J connectivity index is 1.86. The molecule has 0 heterocycles. The molecule has 3 aromatic carbocycles. The molecule has 30 heavy (non-hydrogen) atoms. The highest BCUT2D eigenvalue weighted by atomic mass is 127. The molecule has 8 heteroatoms. The lowest BCUT2D eigenvalue weighted by Crippen LogP contribution is -2.37. The smallest absolute Gasteiger partial charge is 0.243 e. The Hall–Kier alpha value is -1.75. The Bertz CT molecular complexity index is 1120. The second-order valence-corrected chi connectivity index (χ2v) is 10.9. The third kappa shape index (κ3) is 6.13. The van der Waals surface area contributed by atoms with E-state index in [4.69, 9.17) is 0 Å². The van der Waals surface area contributed by atoms with Crippen LogP contribution in [0, 0.1) is 10.5 Å². The van der Waals surface area contributed by atoms with E-state index >= 15 is 0 Å². The number of hydrogen-bond donors (Lipinski definition) is 1. The number of nitrogens with zero attached hydrogens (tertiary/aromatic N) is 1. The Morgan fingerprint density at radius 3 is 2.17 bits per heavy atom. The van der Waals surface area contributed by atoms with Crippen molar-refractivity contribution in [1.29, 1.82) is 0 Å². The Morgan fingerprint density at radius 1 is 0.967 bits per heavy atom. The number of anilines is 1. The molecule has 0 aliphatic carbocycles. The minimum atomic E-state index is -3.87. The average Bonchev–Trinajstić information content (AvgIpc) is 2.71. The number of carbonyl (C=O) groups excluding carboxylic acids is 1. The zero-order valence-corrected chi connectivity index (χ0v) is 20.7. The van der Waals surface area contributed by atoms with E-state index in [2.05, 4.69) is 43.8 Å². The van der Waals surface area contributed by atoms with Crippen LogP contribution in [-0.4, -0.2) is 25.2 Å². The molecular weight excluding hydrogens is 579 g/mol. The SMILES string of the molecule is Cc1ccc(CN(CC(=O)Nc2ccc(I)cc2)S(=O)(=O)c2ccc(Br)cc2)cc1. The number of amides is 1. The van der Waals surface area contributed by atoms with Gasteiger partial charge < -0.3 is 5.32 Å². The highest BCUT2D eigenvalue weighted by Gasteiger charge is 2.27. The summed E-state index contributed by atoms with van der Waals surface area (Å²) in [5, 5.41) is 2.77. The lowest BCUT2D eigenvalue weighted by atomic mass is 10.1. The number of carbonyl (C=O) groups is 1. The van der Waals surface area contributed by atoms with Gasteiger partial charge in [-0.15, -0.1) is 0 Å². The summed E-state index contributed by atoms with van der Waals surface area (Å²) in [7, 11) is -3.87. The van der Waals surface area contributed by atoms with Gasteiger partial charge in [-0.3, -0.25) is 4.79 Å². The van der Waals surface area contributed by atoms with Gasteiger partial charge >= 0.3 is 0 Å². The van der Waals surface area contributed by atoms with Crippen LogP contribution in [0.1, 0.15) is 11.1 Å². The highest BCUT2D eigenvalue weighted by Crippen LogP contribution is 2.21. The van der Waals surface area contributed by atoms with Gasteiger partial charge in [-0.1, -0.05) is 45.8 Å². The zero-order chi connectivity index (χ0) is 21.7. The Labute approximate surface area is 198 Å². The molecule has 3 rings (SSSR count). The van der Waals surface area contributed by atoms with Gasteiger partial charge in [0.15, 0.2) is 0 Å². The molecule has 1 amide bonds. The van der Waals surface area contributed by atoms with Gasteiger partial charge in [-0.2, -0.15) is 4.31 Å². The molecular formula is C22H20BrIN2O3S. The maximum atomic E-state index is 13.3. The minimum Gasteiger partial charge on any atom is -0.325 e. The van der Waals surface area contributed by atoms with Crippen molar-refractivity contribution >= 4 is 60.1 Å². The fraction of sp³-hybridized carbons (Fsp3) is 0.136. The van der Waals surface area contributed by atoms with E-state index in [-0.39, 0.29) is 18.0 Å². The van der Waals surface area contributed by atoms with Crippen LogP contribution in [0.25, 0.3) is 0 Å². The average molecular weight is 599 g/mol. The molecule has 0 aromatic heterocycles. The van der Waals surface area contributed by atoms with Gasteiger partial charge in [0.25, 0.3) is 0 Å². The summed E-state index contributed by atoms with van der Waals surface area (Å²) < 4.78 is 29.6. The van der Waals surface area contributed by atoms with E-state index < -0.39 is 15.9 Å². The first kappa shape index (κ1) is 22.9. The van der Waals surface area contributed by atoms with Crippen molar-refractivity contribution in [3.05, 3.63) is 92.0 Å². The van der Waals surface area contributed by atoms with Crippen LogP contribution in [0.2, 0.25) is 0 Å². The van der Waals surface area contributed by atoms with Crippen molar-refractivity contribution < 1.29 is 13.2 Å². The van der Waals surface area contributed by atoms with E-state index in [1.165, 1.54) is 16.4 Å². The molecule has 5 nitrogen and oxygen atoms in total. The topological polar surface area (TPSA) is 66.5 Å². The summed E-state index contributed by atoms with van der Waals surface area (Å²) in [5.41, 5.74) is 2.51. The second-order valence-electron chi connectivity index (χ2n) is 6.77. The van der Waals surface area contributed by atoms with E-state index in [0.717, 1.165) is 19.2 Å². The van der Waals surface area contributed by atoms with Crippen LogP contribution < -0.4 is 5.32 Å².